The monoisotopic (exact) mass is 396 g/mol. The van der Waals surface area contributed by atoms with Crippen LogP contribution in [0.3, 0.4) is 0 Å². The van der Waals surface area contributed by atoms with Crippen molar-refractivity contribution in [3.63, 3.8) is 0 Å². The molecule has 1 aromatic carbocycles. The Morgan fingerprint density at radius 1 is 1.14 bits per heavy atom. The molecule has 1 aromatic rings. The van der Waals surface area contributed by atoms with Gasteiger partial charge in [-0.15, -0.1) is 0 Å². The molecule has 2 aliphatic carbocycles. The van der Waals surface area contributed by atoms with Crippen molar-refractivity contribution >= 4 is 23.1 Å². The summed E-state index contributed by atoms with van der Waals surface area (Å²) >= 11 is 0. The average Bonchev–Trinajstić information content (AvgIpc) is 2.91. The molecule has 0 unspecified atom stereocenters. The molecule has 0 radical (unpaired) electrons. The second-order valence-electron chi connectivity index (χ2n) is 7.80. The van der Waals surface area contributed by atoms with Crippen molar-refractivity contribution in [1.29, 1.82) is 0 Å². The van der Waals surface area contributed by atoms with Crippen LogP contribution in [-0.2, 0) is 9.59 Å². The molecule has 6 heteroatoms. The van der Waals surface area contributed by atoms with Crippen molar-refractivity contribution in [2.24, 2.45) is 0 Å². The number of allylic oxidation sites excluding steroid dienone is 3. The van der Waals surface area contributed by atoms with E-state index in [1.165, 1.54) is 12.1 Å². The smallest absolute Gasteiger partial charge is 0.256 e. The fraction of sp³-hybridized carbons (Fsp3) is 0.391. The molecule has 1 aliphatic heterocycles. The van der Waals surface area contributed by atoms with Crippen LogP contribution in [0.25, 0.3) is 5.57 Å². The maximum Gasteiger partial charge on any atom is 0.256 e. The number of rotatable bonds is 3. The van der Waals surface area contributed by atoms with Crippen LogP contribution < -0.4 is 10.6 Å². The van der Waals surface area contributed by atoms with E-state index in [1.807, 2.05) is 6.92 Å². The first-order valence-electron chi connectivity index (χ1n) is 10.2. The third-order valence-electron chi connectivity index (χ3n) is 5.94. The maximum absolute atomic E-state index is 13.9. The second kappa shape index (κ2) is 7.95. The highest BCUT2D eigenvalue weighted by atomic mass is 19.1. The van der Waals surface area contributed by atoms with Gasteiger partial charge in [0.15, 0.2) is 0 Å². The Bertz CT molecular complexity index is 988. The summed E-state index contributed by atoms with van der Waals surface area (Å²) in [4.78, 5) is 25.6. The Balaban J connectivity index is 1.87. The van der Waals surface area contributed by atoms with E-state index < -0.39 is 0 Å². The van der Waals surface area contributed by atoms with Crippen LogP contribution in [0.15, 0.2) is 46.1 Å². The summed E-state index contributed by atoms with van der Waals surface area (Å²) in [5, 5.41) is 14.7. The maximum atomic E-state index is 13.9. The zero-order chi connectivity index (χ0) is 20.5. The van der Waals surface area contributed by atoms with Gasteiger partial charge in [-0.2, -0.15) is 0 Å². The Morgan fingerprint density at radius 3 is 2.66 bits per heavy atom. The van der Waals surface area contributed by atoms with Crippen molar-refractivity contribution < 1.29 is 19.1 Å². The summed E-state index contributed by atoms with van der Waals surface area (Å²) in [7, 11) is 0. The van der Waals surface area contributed by atoms with E-state index in [0.717, 1.165) is 60.8 Å². The Hall–Kier alpha value is -2.73. The molecule has 0 aromatic heterocycles. The van der Waals surface area contributed by atoms with Crippen LogP contribution in [0.5, 0.6) is 0 Å². The minimum absolute atomic E-state index is 0.109. The minimum Gasteiger partial charge on any atom is -0.395 e. The molecule has 0 saturated heterocycles. The lowest BCUT2D eigenvalue weighted by Crippen LogP contribution is -2.29. The van der Waals surface area contributed by atoms with Crippen molar-refractivity contribution in [2.45, 2.75) is 45.4 Å². The van der Waals surface area contributed by atoms with Gasteiger partial charge in [0.05, 0.1) is 12.2 Å². The fourth-order valence-corrected chi connectivity index (χ4v) is 4.72. The lowest BCUT2D eigenvalue weighted by Gasteiger charge is -2.25. The molecule has 0 spiro atoms. The van der Waals surface area contributed by atoms with Gasteiger partial charge < -0.3 is 15.7 Å². The van der Waals surface area contributed by atoms with E-state index in [2.05, 4.69) is 10.6 Å². The molecule has 3 aliphatic rings. The predicted molar refractivity (Wildman–Crippen MR) is 109 cm³/mol. The summed E-state index contributed by atoms with van der Waals surface area (Å²) in [6, 6.07) is 4.36. The van der Waals surface area contributed by atoms with Gasteiger partial charge in [0, 0.05) is 23.4 Å². The van der Waals surface area contributed by atoms with Crippen LogP contribution in [0.4, 0.5) is 10.1 Å². The molecule has 0 saturated carbocycles. The molecule has 0 atom stereocenters. The van der Waals surface area contributed by atoms with E-state index >= 15 is 0 Å². The molecule has 0 fully saturated rings. The number of hydrogen-bond acceptors (Lipinski definition) is 3. The topological polar surface area (TPSA) is 78.4 Å². The zero-order valence-electron chi connectivity index (χ0n) is 16.5. The van der Waals surface area contributed by atoms with Crippen LogP contribution in [0.1, 0.15) is 51.0 Å². The Kier molecular flexibility index (Phi) is 5.37. The molecule has 4 rings (SSSR count). The van der Waals surface area contributed by atoms with Gasteiger partial charge in [0.1, 0.15) is 5.82 Å². The number of benzene rings is 1. The first-order valence-corrected chi connectivity index (χ1v) is 10.2. The Morgan fingerprint density at radius 2 is 1.86 bits per heavy atom. The third-order valence-corrected chi connectivity index (χ3v) is 5.94. The minimum atomic E-state index is -0.371. The second-order valence-corrected chi connectivity index (χ2v) is 7.80. The van der Waals surface area contributed by atoms with E-state index in [4.69, 9.17) is 5.11 Å². The van der Waals surface area contributed by atoms with Crippen LogP contribution in [0, 0.1) is 5.82 Å². The highest BCUT2D eigenvalue weighted by Gasteiger charge is 2.33. The van der Waals surface area contributed by atoms with Gasteiger partial charge in [0.2, 0.25) is 0 Å². The van der Waals surface area contributed by atoms with Crippen molar-refractivity contribution in [1.82, 2.24) is 5.32 Å². The molecule has 29 heavy (non-hydrogen) atoms. The normalized spacial score (nSPS) is 21.6. The largest absolute Gasteiger partial charge is 0.395 e. The molecule has 1 heterocycles. The standard InChI is InChI=1S/C23H25FN2O3/c1-13-4-2-5-15-16(20(13)22(28)25-10-11-27)6-3-7-17(15)21-18-12-14(24)8-9-19(18)26-23(21)29/h8-9,12,27H,2-7,10-11H2,1H3,(H,25,28)(H,26,29)/b21-17-. The number of fused-ring (bicyclic) bond motifs is 1. The van der Waals surface area contributed by atoms with Crippen LogP contribution >= 0.6 is 0 Å². The number of halogens is 1. The van der Waals surface area contributed by atoms with Gasteiger partial charge in [-0.05, 0) is 80.4 Å². The highest BCUT2D eigenvalue weighted by Crippen LogP contribution is 2.45. The summed E-state index contributed by atoms with van der Waals surface area (Å²) in [5.41, 5.74) is 6.52. The summed E-state index contributed by atoms with van der Waals surface area (Å²) in [6.07, 6.45) is 4.86. The van der Waals surface area contributed by atoms with E-state index in [-0.39, 0.29) is 30.8 Å². The number of aliphatic hydroxyl groups excluding tert-OH is 1. The van der Waals surface area contributed by atoms with E-state index in [9.17, 15) is 14.0 Å². The van der Waals surface area contributed by atoms with Gasteiger partial charge in [-0.3, -0.25) is 9.59 Å². The molecule has 152 valence electrons. The number of carbonyl (C=O) groups excluding carboxylic acids is 2. The summed E-state index contributed by atoms with van der Waals surface area (Å²) in [5.74, 6) is -0.742. The number of hydrogen-bond donors (Lipinski definition) is 3. The Labute approximate surface area is 169 Å². The fourth-order valence-electron chi connectivity index (χ4n) is 4.72. The van der Waals surface area contributed by atoms with Crippen molar-refractivity contribution in [3.05, 3.63) is 57.4 Å². The molecule has 2 amide bonds. The van der Waals surface area contributed by atoms with Gasteiger partial charge in [0.25, 0.3) is 11.8 Å². The molecule has 3 N–H and O–H groups in total. The van der Waals surface area contributed by atoms with E-state index in [1.54, 1.807) is 6.07 Å². The lowest BCUT2D eigenvalue weighted by atomic mass is 9.79. The zero-order valence-corrected chi connectivity index (χ0v) is 16.5. The molecule has 5 nitrogen and oxygen atoms in total. The van der Waals surface area contributed by atoms with Crippen molar-refractivity contribution in [3.8, 4) is 0 Å². The summed E-state index contributed by atoms with van der Waals surface area (Å²) < 4.78 is 13.9. The number of nitrogens with one attached hydrogen (secondary N) is 2. The number of carbonyl (C=O) groups is 2. The van der Waals surface area contributed by atoms with Gasteiger partial charge >= 0.3 is 0 Å². The summed E-state index contributed by atoms with van der Waals surface area (Å²) in [6.45, 7) is 2.08. The van der Waals surface area contributed by atoms with Crippen molar-refractivity contribution in [2.75, 3.05) is 18.5 Å². The first kappa shape index (κ1) is 19.6. The molecular weight excluding hydrogens is 371 g/mol. The number of aliphatic hydroxyl groups is 1. The first-order chi connectivity index (χ1) is 14.0. The number of anilines is 1. The quantitative estimate of drug-likeness (QED) is 0.683. The average molecular weight is 396 g/mol. The number of amides is 2. The van der Waals surface area contributed by atoms with Crippen LogP contribution in [-0.4, -0.2) is 30.1 Å². The SMILES string of the molecule is CC1=C(C(=O)NCCO)C2=C(CCC1)/C(=C1\C(=O)Nc3ccc(F)cc31)CCC2. The van der Waals surface area contributed by atoms with Crippen LogP contribution in [0.2, 0.25) is 0 Å². The lowest BCUT2D eigenvalue weighted by molar-refractivity contribution is -0.117. The van der Waals surface area contributed by atoms with Gasteiger partial charge in [-0.1, -0.05) is 5.57 Å². The van der Waals surface area contributed by atoms with E-state index in [0.29, 0.717) is 22.4 Å². The highest BCUT2D eigenvalue weighted by molar-refractivity contribution is 6.32. The van der Waals surface area contributed by atoms with Gasteiger partial charge in [-0.25, -0.2) is 4.39 Å². The predicted octanol–water partition coefficient (Wildman–Crippen LogP) is 3.62. The molecule has 0 bridgehead atoms. The third kappa shape index (κ3) is 3.53. The molecular formula is C23H25FN2O3.